The fourth-order valence-corrected chi connectivity index (χ4v) is 5.61. The summed E-state index contributed by atoms with van der Waals surface area (Å²) >= 11 is 0. The predicted octanol–water partition coefficient (Wildman–Crippen LogP) is 4.83. The Kier molecular flexibility index (Phi) is 7.90. The molecule has 2 rings (SSSR count). The van der Waals surface area contributed by atoms with E-state index in [-0.39, 0.29) is 29.6 Å². The summed E-state index contributed by atoms with van der Waals surface area (Å²) in [6, 6.07) is 0. The van der Waals surface area contributed by atoms with Crippen molar-refractivity contribution in [3.63, 3.8) is 0 Å². The van der Waals surface area contributed by atoms with Gasteiger partial charge in [-0.2, -0.15) is 0 Å². The van der Waals surface area contributed by atoms with E-state index < -0.39 is 37.4 Å². The van der Waals surface area contributed by atoms with E-state index in [0.717, 1.165) is 6.42 Å². The maximum Gasteiger partial charge on any atom is 0.408 e. The lowest BCUT2D eigenvalue weighted by Crippen LogP contribution is -2.71. The third kappa shape index (κ3) is 6.06. The minimum absolute atomic E-state index is 0.0141. The molecule has 188 valence electrons. The molecule has 1 heterocycles. The Bertz CT molecular complexity index is 668. The van der Waals surface area contributed by atoms with Crippen LogP contribution < -0.4 is 5.32 Å². The first-order chi connectivity index (χ1) is 14.3. The van der Waals surface area contributed by atoms with Crippen LogP contribution in [0.2, 0.25) is 18.1 Å². The van der Waals surface area contributed by atoms with Crippen molar-refractivity contribution < 1.29 is 28.5 Å². The van der Waals surface area contributed by atoms with Gasteiger partial charge in [-0.1, -0.05) is 27.7 Å². The molecule has 0 radical (unpaired) electrons. The minimum atomic E-state index is -2.13. The Hall–Kier alpha value is -0.673. The number of hydrogen-bond acceptors (Lipinski definition) is 6. The maximum atomic E-state index is 13.1. The molecule has 0 aromatic heterocycles. The molecule has 32 heavy (non-hydrogen) atoms. The zero-order chi connectivity index (χ0) is 24.8. The lowest BCUT2D eigenvalue weighted by Gasteiger charge is -2.52. The van der Waals surface area contributed by atoms with Gasteiger partial charge >= 0.3 is 6.09 Å². The first kappa shape index (κ1) is 27.6. The zero-order valence-corrected chi connectivity index (χ0v) is 23.1. The van der Waals surface area contributed by atoms with Crippen LogP contribution in [-0.2, 0) is 18.6 Å². The Balaban J connectivity index is 2.51. The van der Waals surface area contributed by atoms with Gasteiger partial charge in [0.25, 0.3) is 0 Å². The normalized spacial score (nSPS) is 33.0. The predicted molar refractivity (Wildman–Crippen MR) is 128 cm³/mol. The van der Waals surface area contributed by atoms with Crippen LogP contribution >= 0.6 is 0 Å². The van der Waals surface area contributed by atoms with Gasteiger partial charge in [0.2, 0.25) is 0 Å². The highest BCUT2D eigenvalue weighted by atomic mass is 28.4. The molecule has 1 aliphatic heterocycles. The fraction of sp³-hybridized carbons (Fsp3) is 0.958. The molecule has 1 aliphatic carbocycles. The lowest BCUT2D eigenvalue weighted by molar-refractivity contribution is -0.156. The Morgan fingerprint density at radius 1 is 1.16 bits per heavy atom. The van der Waals surface area contributed by atoms with Crippen molar-refractivity contribution in [2.75, 3.05) is 13.2 Å². The van der Waals surface area contributed by atoms with E-state index in [1.807, 2.05) is 34.6 Å². The number of fused-ring (bicyclic) bond motifs is 1. The average Bonchev–Trinajstić information content (AvgIpc) is 2.91. The molecule has 2 N–H and O–H groups in total. The summed E-state index contributed by atoms with van der Waals surface area (Å²) in [6.45, 7) is 22.8. The molecule has 7 nitrogen and oxygen atoms in total. The van der Waals surface area contributed by atoms with E-state index in [2.05, 4.69) is 46.1 Å². The summed E-state index contributed by atoms with van der Waals surface area (Å²) in [7, 11) is -2.13. The molecule has 1 saturated carbocycles. The van der Waals surface area contributed by atoms with Crippen molar-refractivity contribution in [3.05, 3.63) is 0 Å². The van der Waals surface area contributed by atoms with E-state index in [0.29, 0.717) is 13.0 Å². The van der Waals surface area contributed by atoms with Gasteiger partial charge in [0.05, 0.1) is 18.2 Å². The van der Waals surface area contributed by atoms with E-state index in [1.54, 1.807) is 0 Å². The Morgan fingerprint density at radius 3 is 2.25 bits per heavy atom. The molecule has 0 unspecified atom stereocenters. The number of carbonyl (C=O) groups is 1. The van der Waals surface area contributed by atoms with Gasteiger partial charge in [-0.3, -0.25) is 0 Å². The monoisotopic (exact) mass is 473 g/mol. The van der Waals surface area contributed by atoms with Crippen LogP contribution in [0.4, 0.5) is 4.79 Å². The number of alkyl carbamates (subject to hydrolysis) is 1. The Morgan fingerprint density at radius 2 is 1.75 bits per heavy atom. The average molecular weight is 474 g/mol. The molecule has 0 spiro atoms. The molecule has 0 aromatic carbocycles. The van der Waals surface area contributed by atoms with E-state index in [1.165, 1.54) is 0 Å². The molecule has 0 bridgehead atoms. The van der Waals surface area contributed by atoms with E-state index in [9.17, 15) is 9.90 Å². The number of aliphatic hydroxyl groups excluding tert-OH is 1. The van der Waals surface area contributed by atoms with Crippen molar-refractivity contribution in [2.45, 2.75) is 122 Å². The molecule has 2 aliphatic rings. The molecule has 8 heteroatoms. The smallest absolute Gasteiger partial charge is 0.408 e. The van der Waals surface area contributed by atoms with Gasteiger partial charge in [0, 0.05) is 6.61 Å². The van der Waals surface area contributed by atoms with E-state index in [4.69, 9.17) is 18.6 Å². The number of carbonyl (C=O) groups excluding carboxylic acids is 1. The van der Waals surface area contributed by atoms with Crippen molar-refractivity contribution in [3.8, 4) is 0 Å². The summed E-state index contributed by atoms with van der Waals surface area (Å²) in [5.41, 5.74) is -1.50. The summed E-state index contributed by atoms with van der Waals surface area (Å²) in [6.07, 6.45) is 0.236. The van der Waals surface area contributed by atoms with Crippen molar-refractivity contribution >= 4 is 14.4 Å². The third-order valence-corrected chi connectivity index (χ3v) is 11.8. The quantitative estimate of drug-likeness (QED) is 0.537. The third-order valence-electron chi connectivity index (χ3n) is 7.27. The van der Waals surface area contributed by atoms with Crippen LogP contribution in [0.3, 0.4) is 0 Å². The van der Waals surface area contributed by atoms with Crippen molar-refractivity contribution in [1.29, 1.82) is 0 Å². The van der Waals surface area contributed by atoms with Gasteiger partial charge in [0.15, 0.2) is 14.1 Å². The van der Waals surface area contributed by atoms with Gasteiger partial charge in [-0.05, 0) is 77.4 Å². The zero-order valence-electron chi connectivity index (χ0n) is 22.1. The molecule has 0 aromatic rings. The molecule has 2 fully saturated rings. The van der Waals surface area contributed by atoms with Gasteiger partial charge < -0.3 is 29.1 Å². The topological polar surface area (TPSA) is 86.3 Å². The highest BCUT2D eigenvalue weighted by molar-refractivity contribution is 6.74. The standard InChI is InChI=1S/C24H47NO6Si/c1-16-14-17(12-13-26)24(25-20(27)31-21(2,3)4,15-28-32(10,11)22(5,6)7)19-18(16)29-23(8,9)30-19/h16-19,26H,12-15H2,1-11H3,(H,25,27)/t16-,17+,18+,19-,24-/m1/s1. The molecule has 1 saturated heterocycles. The lowest BCUT2D eigenvalue weighted by atomic mass is 9.65. The first-order valence-electron chi connectivity index (χ1n) is 12.0. The van der Waals surface area contributed by atoms with Gasteiger partial charge in [0.1, 0.15) is 11.7 Å². The molecule has 5 atom stereocenters. The van der Waals surface area contributed by atoms with E-state index >= 15 is 0 Å². The summed E-state index contributed by atoms with van der Waals surface area (Å²) in [5, 5.41) is 13.1. The number of aliphatic hydroxyl groups is 1. The van der Waals surface area contributed by atoms with Crippen molar-refractivity contribution in [1.82, 2.24) is 5.32 Å². The van der Waals surface area contributed by atoms with Crippen LogP contribution in [0.15, 0.2) is 0 Å². The summed E-state index contributed by atoms with van der Waals surface area (Å²) in [4.78, 5) is 13.1. The first-order valence-corrected chi connectivity index (χ1v) is 14.9. The second-order valence-corrected chi connectivity index (χ2v) is 17.5. The highest BCUT2D eigenvalue weighted by Crippen LogP contribution is 2.49. The molecular weight excluding hydrogens is 426 g/mol. The van der Waals surface area contributed by atoms with Crippen LogP contribution in [0.5, 0.6) is 0 Å². The molecular formula is C24H47NO6Si. The number of rotatable bonds is 6. The van der Waals surface area contributed by atoms with Crippen LogP contribution in [-0.4, -0.2) is 61.9 Å². The number of ether oxygens (including phenoxy) is 3. The largest absolute Gasteiger partial charge is 0.444 e. The van der Waals surface area contributed by atoms with Crippen LogP contribution in [0.25, 0.3) is 0 Å². The number of hydrogen-bond donors (Lipinski definition) is 2. The number of amides is 1. The van der Waals surface area contributed by atoms with Crippen molar-refractivity contribution in [2.24, 2.45) is 11.8 Å². The summed E-state index contributed by atoms with van der Waals surface area (Å²) < 4.78 is 25.1. The minimum Gasteiger partial charge on any atom is -0.444 e. The van der Waals surface area contributed by atoms with Crippen LogP contribution in [0, 0.1) is 11.8 Å². The second-order valence-electron chi connectivity index (χ2n) is 12.7. The second kappa shape index (κ2) is 9.17. The summed E-state index contributed by atoms with van der Waals surface area (Å²) in [5.74, 6) is -0.589. The van der Waals surface area contributed by atoms with Gasteiger partial charge in [-0.25, -0.2) is 4.79 Å². The van der Waals surface area contributed by atoms with Crippen LogP contribution in [0.1, 0.15) is 75.2 Å². The molecule has 1 amide bonds. The Labute approximate surface area is 196 Å². The highest BCUT2D eigenvalue weighted by Gasteiger charge is 2.62. The maximum absolute atomic E-state index is 13.1. The van der Waals surface area contributed by atoms with Gasteiger partial charge in [-0.15, -0.1) is 0 Å². The SMILES string of the molecule is C[C@@H]1C[C@H](CCO)[C@@](CO[Si](C)(C)C(C)(C)C)(NC(=O)OC(C)(C)C)[C@@H]2OC(C)(C)O[C@@H]12. The number of nitrogens with one attached hydrogen (secondary N) is 1. The fourth-order valence-electron chi connectivity index (χ4n) is 4.58.